The Morgan fingerprint density at radius 3 is 1.93 bits per heavy atom. The summed E-state index contributed by atoms with van der Waals surface area (Å²) in [6, 6.07) is 38.7. The molecule has 0 amide bonds. The summed E-state index contributed by atoms with van der Waals surface area (Å²) >= 11 is 0. The lowest BCUT2D eigenvalue weighted by Gasteiger charge is -2.50. The van der Waals surface area contributed by atoms with Gasteiger partial charge in [-0.15, -0.1) is 0 Å². The number of carbonyl (C=O) groups is 1. The number of aromatic nitrogens is 2. The number of nitrogens with one attached hydrogen (secondary N) is 1. The second-order valence-corrected chi connectivity index (χ2v) is 12.0. The van der Waals surface area contributed by atoms with E-state index in [4.69, 9.17) is 18.3 Å². The van der Waals surface area contributed by atoms with E-state index in [0.717, 1.165) is 16.7 Å². The van der Waals surface area contributed by atoms with E-state index < -0.39 is 43.7 Å². The first kappa shape index (κ1) is 29.8. The van der Waals surface area contributed by atoms with Gasteiger partial charge in [0, 0.05) is 25.4 Å². The Morgan fingerprint density at radius 2 is 1.33 bits per heavy atom. The maximum absolute atomic E-state index is 13.1. The molecule has 3 heterocycles. The van der Waals surface area contributed by atoms with Gasteiger partial charge in [-0.05, 0) is 28.8 Å². The molecule has 7 rings (SSSR count). The van der Waals surface area contributed by atoms with E-state index in [1.54, 1.807) is 24.3 Å². The van der Waals surface area contributed by atoms with Gasteiger partial charge in [0.05, 0.1) is 18.2 Å². The van der Waals surface area contributed by atoms with Gasteiger partial charge in [0.1, 0.15) is 11.3 Å². The topological polar surface area (TPSA) is 112 Å². The number of aromatic amines is 1. The summed E-state index contributed by atoms with van der Waals surface area (Å²) < 4.78 is 25.3. The Bertz CT molecular complexity index is 1840. The van der Waals surface area contributed by atoms with Crippen LogP contribution in [0.2, 0.25) is 0 Å². The zero-order valence-electron chi connectivity index (χ0n) is 24.6. The average molecular weight is 636 g/mol. The molecule has 2 aliphatic rings. The smallest absolute Gasteiger partial charge is 0.417 e. The minimum atomic E-state index is -2.04. The summed E-state index contributed by atoms with van der Waals surface area (Å²) in [5.41, 5.74) is 1.50. The van der Waals surface area contributed by atoms with E-state index >= 15 is 0 Å². The summed E-state index contributed by atoms with van der Waals surface area (Å²) in [4.78, 5) is 42.3. The number of hydrogen-bond donors (Lipinski definition) is 1. The van der Waals surface area contributed by atoms with Crippen LogP contribution in [0.4, 0.5) is 0 Å². The molecule has 1 aromatic heterocycles. The Morgan fingerprint density at radius 1 is 0.739 bits per heavy atom. The molecule has 0 aliphatic carbocycles. The maximum Gasteiger partial charge on any atom is 0.465 e. The van der Waals surface area contributed by atoms with E-state index in [9.17, 15) is 14.4 Å². The summed E-state index contributed by atoms with van der Waals surface area (Å²) in [6.45, 7) is 0.663. The highest BCUT2D eigenvalue weighted by atomic mass is 31.2. The molecule has 5 aromatic rings. The van der Waals surface area contributed by atoms with Gasteiger partial charge >= 0.3 is 20.3 Å². The number of H-pyrrole nitrogens is 1. The second kappa shape index (κ2) is 12.9. The van der Waals surface area contributed by atoms with Crippen LogP contribution in [0.15, 0.2) is 137 Å². The van der Waals surface area contributed by atoms with Crippen LogP contribution >= 0.6 is 8.60 Å². The number of para-hydroxylation sites is 1. The molecule has 1 fully saturated rings. The molecule has 0 bridgehead atoms. The minimum absolute atomic E-state index is 0.000698. The number of hydrogen-bond acceptors (Lipinski definition) is 8. The predicted octanol–water partition coefficient (Wildman–Crippen LogP) is 5.22. The second-order valence-electron chi connectivity index (χ2n) is 10.9. The molecule has 3 atom stereocenters. The van der Waals surface area contributed by atoms with Gasteiger partial charge in [-0.1, -0.05) is 103 Å². The maximum atomic E-state index is 13.1. The fraction of sp³-hybridized carbons (Fsp3) is 0.171. The van der Waals surface area contributed by atoms with Crippen LogP contribution in [0.5, 0.6) is 5.75 Å². The van der Waals surface area contributed by atoms with Crippen molar-refractivity contribution in [1.29, 1.82) is 0 Å². The minimum Gasteiger partial charge on any atom is -0.417 e. The van der Waals surface area contributed by atoms with E-state index in [2.05, 4.69) is 46.3 Å². The van der Waals surface area contributed by atoms with Crippen molar-refractivity contribution in [1.82, 2.24) is 14.5 Å². The van der Waals surface area contributed by atoms with Gasteiger partial charge in [-0.2, -0.15) is 0 Å². The first-order valence-corrected chi connectivity index (χ1v) is 15.9. The first-order chi connectivity index (χ1) is 22.5. The summed E-state index contributed by atoms with van der Waals surface area (Å²) in [5.74, 6) is -0.127. The fourth-order valence-electron chi connectivity index (χ4n) is 6.20. The van der Waals surface area contributed by atoms with Crippen LogP contribution < -0.4 is 15.8 Å². The summed E-state index contributed by atoms with van der Waals surface area (Å²) in [6.07, 6.45) is 0.0378. The molecule has 46 heavy (non-hydrogen) atoms. The van der Waals surface area contributed by atoms with Gasteiger partial charge in [-0.3, -0.25) is 23.8 Å². The third kappa shape index (κ3) is 5.68. The Kier molecular flexibility index (Phi) is 8.34. The van der Waals surface area contributed by atoms with Crippen molar-refractivity contribution in [2.45, 2.75) is 17.9 Å². The van der Waals surface area contributed by atoms with Crippen molar-refractivity contribution in [2.24, 2.45) is 0 Å². The van der Waals surface area contributed by atoms with Crippen LogP contribution in [0, 0.1) is 0 Å². The Hall–Kier alpha value is -4.86. The van der Waals surface area contributed by atoms with Crippen molar-refractivity contribution >= 4 is 14.6 Å². The first-order valence-electron chi connectivity index (χ1n) is 14.8. The zero-order chi connectivity index (χ0) is 31.5. The average Bonchev–Trinajstić information content (AvgIpc) is 3.09. The van der Waals surface area contributed by atoms with E-state index in [-0.39, 0.29) is 13.2 Å². The van der Waals surface area contributed by atoms with Crippen LogP contribution in [0.3, 0.4) is 0 Å². The largest absolute Gasteiger partial charge is 0.465 e. The molecule has 1 saturated heterocycles. The molecule has 0 spiro atoms. The predicted molar refractivity (Wildman–Crippen MR) is 171 cm³/mol. The molecule has 11 heteroatoms. The van der Waals surface area contributed by atoms with Crippen molar-refractivity contribution in [2.75, 3.05) is 19.7 Å². The van der Waals surface area contributed by atoms with Gasteiger partial charge in [-0.25, -0.2) is 9.59 Å². The summed E-state index contributed by atoms with van der Waals surface area (Å²) in [7, 11) is -2.04. The Balaban J connectivity index is 1.30. The molecule has 1 N–H and O–H groups in total. The number of ether oxygens (including phenoxy) is 1. The van der Waals surface area contributed by atoms with Crippen LogP contribution in [-0.4, -0.2) is 46.2 Å². The van der Waals surface area contributed by atoms with Crippen molar-refractivity contribution in [3.63, 3.8) is 0 Å². The third-order valence-corrected chi connectivity index (χ3v) is 9.18. The quantitative estimate of drug-likeness (QED) is 0.183. The highest BCUT2D eigenvalue weighted by Gasteiger charge is 2.47. The van der Waals surface area contributed by atoms with Crippen LogP contribution in [-0.2, 0) is 19.3 Å². The van der Waals surface area contributed by atoms with Gasteiger partial charge in [0.15, 0.2) is 6.23 Å². The molecule has 4 aromatic carbocycles. The van der Waals surface area contributed by atoms with Gasteiger partial charge in [0.2, 0.25) is 0 Å². The zero-order valence-corrected chi connectivity index (χ0v) is 25.5. The number of nitrogens with zero attached hydrogens (tertiary/aromatic N) is 2. The van der Waals surface area contributed by atoms with E-state index in [1.165, 1.54) is 16.8 Å². The number of fused-ring (bicyclic) bond motifs is 1. The van der Waals surface area contributed by atoms with Crippen LogP contribution in [0.25, 0.3) is 0 Å². The van der Waals surface area contributed by atoms with Gasteiger partial charge < -0.3 is 13.8 Å². The van der Waals surface area contributed by atoms with Crippen molar-refractivity contribution in [3.05, 3.63) is 171 Å². The van der Waals surface area contributed by atoms with E-state index in [1.807, 2.05) is 54.6 Å². The highest BCUT2D eigenvalue weighted by Crippen LogP contribution is 2.48. The van der Waals surface area contributed by atoms with Crippen molar-refractivity contribution < 1.29 is 23.1 Å². The van der Waals surface area contributed by atoms with Gasteiger partial charge in [0.25, 0.3) is 5.56 Å². The fourth-order valence-corrected chi connectivity index (χ4v) is 7.19. The summed E-state index contributed by atoms with van der Waals surface area (Å²) in [5, 5.41) is 0. The number of morpholine rings is 1. The molecule has 3 unspecified atom stereocenters. The SMILES string of the molecule is O=C1OP(OCC2CN(C(c3ccccc3)(c3ccccc3)c3ccccc3)CC(n3ccc(=O)[nH]c3=O)O2)Oc2ccccc21. The molecule has 2 aliphatic heterocycles. The molecule has 232 valence electrons. The molecule has 0 radical (unpaired) electrons. The standard InChI is InChI=1S/C35H30N3O7P/c39-31-20-21-38(34(41)36-31)32-23-37(22-28(43-32)24-42-46-44-30-19-11-10-18-29(30)33(40)45-46)35(25-12-4-1-5-13-25,26-14-6-2-7-15-26)27-16-8-3-9-17-27/h1-21,28,32H,22-24H2,(H,36,39,41). The number of benzene rings is 4. The Labute approximate surface area is 265 Å². The molecule has 0 saturated carbocycles. The number of rotatable bonds is 8. The molecular weight excluding hydrogens is 605 g/mol. The normalized spacial score (nSPS) is 19.9. The van der Waals surface area contributed by atoms with E-state index in [0.29, 0.717) is 17.9 Å². The monoisotopic (exact) mass is 635 g/mol. The van der Waals surface area contributed by atoms with Crippen molar-refractivity contribution in [3.8, 4) is 5.75 Å². The number of carbonyl (C=O) groups excluding carboxylic acids is 1. The lowest BCUT2D eigenvalue weighted by molar-refractivity contribution is -0.148. The lowest BCUT2D eigenvalue weighted by Crippen LogP contribution is -2.58. The molecular formula is C35H30N3O7P. The third-order valence-electron chi connectivity index (χ3n) is 8.16. The lowest BCUT2D eigenvalue weighted by atomic mass is 9.75. The molecule has 10 nitrogen and oxygen atoms in total. The highest BCUT2D eigenvalue weighted by molar-refractivity contribution is 7.43. The van der Waals surface area contributed by atoms with Crippen LogP contribution in [0.1, 0.15) is 33.3 Å².